The number of aliphatic hydroxyl groups is 1. The van der Waals surface area contributed by atoms with Crippen LogP contribution in [0.25, 0.3) is 0 Å². The SMILES string of the molecule is Cc1ccc(N)c(C(=O)OCCCCCCO)c1. The number of benzene rings is 1. The van der Waals surface area contributed by atoms with Crippen LogP contribution in [0, 0.1) is 6.92 Å². The van der Waals surface area contributed by atoms with Crippen molar-refractivity contribution in [1.82, 2.24) is 0 Å². The normalized spacial score (nSPS) is 10.3. The Morgan fingerprint density at radius 1 is 1.28 bits per heavy atom. The summed E-state index contributed by atoms with van der Waals surface area (Å²) in [7, 11) is 0. The maximum Gasteiger partial charge on any atom is 0.340 e. The highest BCUT2D eigenvalue weighted by atomic mass is 16.5. The van der Waals surface area contributed by atoms with Crippen LogP contribution >= 0.6 is 0 Å². The van der Waals surface area contributed by atoms with E-state index in [1.807, 2.05) is 13.0 Å². The minimum atomic E-state index is -0.363. The van der Waals surface area contributed by atoms with E-state index in [1.54, 1.807) is 12.1 Å². The predicted octanol–water partition coefficient (Wildman–Crippen LogP) is 2.29. The van der Waals surface area contributed by atoms with Crippen molar-refractivity contribution in [1.29, 1.82) is 0 Å². The van der Waals surface area contributed by atoms with E-state index in [1.165, 1.54) is 0 Å². The predicted molar refractivity (Wildman–Crippen MR) is 71.4 cm³/mol. The van der Waals surface area contributed by atoms with Gasteiger partial charge in [-0.1, -0.05) is 18.1 Å². The van der Waals surface area contributed by atoms with E-state index >= 15 is 0 Å². The molecule has 0 heterocycles. The Kier molecular flexibility index (Phi) is 6.22. The van der Waals surface area contributed by atoms with Crippen LogP contribution in [0.3, 0.4) is 0 Å². The number of nitrogen functional groups attached to an aromatic ring is 1. The number of anilines is 1. The highest BCUT2D eigenvalue weighted by Crippen LogP contribution is 2.15. The first-order valence-corrected chi connectivity index (χ1v) is 6.29. The van der Waals surface area contributed by atoms with Crippen molar-refractivity contribution in [2.75, 3.05) is 18.9 Å². The van der Waals surface area contributed by atoms with Crippen LogP contribution in [0.15, 0.2) is 18.2 Å². The van der Waals surface area contributed by atoms with Gasteiger partial charge >= 0.3 is 5.97 Å². The lowest BCUT2D eigenvalue weighted by Gasteiger charge is -2.07. The number of hydrogen-bond acceptors (Lipinski definition) is 4. The molecule has 0 aromatic heterocycles. The van der Waals surface area contributed by atoms with Crippen molar-refractivity contribution >= 4 is 11.7 Å². The van der Waals surface area contributed by atoms with Gasteiger partial charge in [-0.3, -0.25) is 0 Å². The van der Waals surface area contributed by atoms with Crippen molar-refractivity contribution in [2.45, 2.75) is 32.6 Å². The molecule has 0 spiro atoms. The third-order valence-corrected chi connectivity index (χ3v) is 2.71. The van der Waals surface area contributed by atoms with E-state index < -0.39 is 0 Å². The highest BCUT2D eigenvalue weighted by Gasteiger charge is 2.10. The molecule has 0 saturated carbocycles. The van der Waals surface area contributed by atoms with Gasteiger partial charge < -0.3 is 15.6 Å². The smallest absolute Gasteiger partial charge is 0.340 e. The molecule has 4 nitrogen and oxygen atoms in total. The lowest BCUT2D eigenvalue weighted by molar-refractivity contribution is 0.0498. The van der Waals surface area contributed by atoms with Crippen LogP contribution < -0.4 is 5.73 Å². The van der Waals surface area contributed by atoms with Gasteiger partial charge in [-0.2, -0.15) is 0 Å². The Balaban J connectivity index is 2.34. The average molecular weight is 251 g/mol. The van der Waals surface area contributed by atoms with E-state index in [0.29, 0.717) is 17.9 Å². The molecule has 4 heteroatoms. The van der Waals surface area contributed by atoms with Crippen molar-refractivity contribution in [3.8, 4) is 0 Å². The number of esters is 1. The number of aryl methyl sites for hydroxylation is 1. The minimum Gasteiger partial charge on any atom is -0.462 e. The molecule has 0 aliphatic carbocycles. The molecule has 0 bridgehead atoms. The lowest BCUT2D eigenvalue weighted by atomic mass is 10.1. The van der Waals surface area contributed by atoms with Crippen LogP contribution in [-0.4, -0.2) is 24.3 Å². The number of aliphatic hydroxyl groups excluding tert-OH is 1. The Hall–Kier alpha value is -1.55. The topological polar surface area (TPSA) is 72.6 Å². The molecule has 1 aromatic carbocycles. The maximum absolute atomic E-state index is 11.8. The minimum absolute atomic E-state index is 0.222. The average Bonchev–Trinajstić information content (AvgIpc) is 2.36. The molecule has 1 rings (SSSR count). The van der Waals surface area contributed by atoms with Crippen molar-refractivity contribution in [2.24, 2.45) is 0 Å². The van der Waals surface area contributed by atoms with E-state index in [-0.39, 0.29) is 12.6 Å². The summed E-state index contributed by atoms with van der Waals surface area (Å²) in [6, 6.07) is 5.32. The maximum atomic E-state index is 11.8. The van der Waals surface area contributed by atoms with Gasteiger partial charge in [-0.25, -0.2) is 4.79 Å². The summed E-state index contributed by atoms with van der Waals surface area (Å²) in [4.78, 5) is 11.8. The first-order chi connectivity index (χ1) is 8.65. The largest absolute Gasteiger partial charge is 0.462 e. The molecule has 0 unspecified atom stereocenters. The van der Waals surface area contributed by atoms with Gasteiger partial charge in [0, 0.05) is 12.3 Å². The lowest BCUT2D eigenvalue weighted by Crippen LogP contribution is -2.09. The summed E-state index contributed by atoms with van der Waals surface area (Å²) in [6.45, 7) is 2.53. The van der Waals surface area contributed by atoms with E-state index in [2.05, 4.69) is 0 Å². The summed E-state index contributed by atoms with van der Waals surface area (Å²) >= 11 is 0. The number of rotatable bonds is 7. The fraction of sp³-hybridized carbons (Fsp3) is 0.500. The first kappa shape index (κ1) is 14.5. The number of nitrogens with two attached hydrogens (primary N) is 1. The second-order valence-electron chi connectivity index (χ2n) is 4.36. The number of hydrogen-bond donors (Lipinski definition) is 2. The summed E-state index contributed by atoms with van der Waals surface area (Å²) in [5, 5.41) is 8.62. The molecule has 0 saturated heterocycles. The van der Waals surface area contributed by atoms with Gasteiger partial charge in [0.2, 0.25) is 0 Å². The van der Waals surface area contributed by atoms with Gasteiger partial charge in [0.25, 0.3) is 0 Å². The number of carbonyl (C=O) groups is 1. The van der Waals surface area contributed by atoms with E-state index in [9.17, 15) is 4.79 Å². The van der Waals surface area contributed by atoms with Crippen molar-refractivity contribution in [3.63, 3.8) is 0 Å². The third kappa shape index (κ3) is 4.75. The quantitative estimate of drug-likeness (QED) is 0.443. The molecule has 0 aliphatic heterocycles. The Bertz CT molecular complexity index is 391. The Labute approximate surface area is 108 Å². The molecule has 0 amide bonds. The monoisotopic (exact) mass is 251 g/mol. The van der Waals surface area contributed by atoms with Gasteiger partial charge in [-0.05, 0) is 38.3 Å². The fourth-order valence-electron chi connectivity index (χ4n) is 1.66. The van der Waals surface area contributed by atoms with Crippen LogP contribution in [0.1, 0.15) is 41.6 Å². The summed E-state index contributed by atoms with van der Waals surface area (Å²) in [5.41, 5.74) is 7.60. The van der Waals surface area contributed by atoms with Crippen molar-refractivity contribution < 1.29 is 14.6 Å². The highest BCUT2D eigenvalue weighted by molar-refractivity contribution is 5.95. The molecule has 0 fully saturated rings. The Morgan fingerprint density at radius 2 is 2.00 bits per heavy atom. The molecule has 1 aromatic rings. The van der Waals surface area contributed by atoms with Crippen LogP contribution in [-0.2, 0) is 4.74 Å². The van der Waals surface area contributed by atoms with Crippen LogP contribution in [0.4, 0.5) is 5.69 Å². The molecule has 0 aliphatic rings. The van der Waals surface area contributed by atoms with E-state index in [0.717, 1.165) is 31.2 Å². The third-order valence-electron chi connectivity index (χ3n) is 2.71. The molecule has 18 heavy (non-hydrogen) atoms. The molecule has 3 N–H and O–H groups in total. The molecule has 100 valence electrons. The van der Waals surface area contributed by atoms with E-state index in [4.69, 9.17) is 15.6 Å². The van der Waals surface area contributed by atoms with Gasteiger partial charge in [0.05, 0.1) is 12.2 Å². The second kappa shape index (κ2) is 7.71. The fourth-order valence-corrected chi connectivity index (χ4v) is 1.66. The van der Waals surface area contributed by atoms with Crippen molar-refractivity contribution in [3.05, 3.63) is 29.3 Å². The summed E-state index contributed by atoms with van der Waals surface area (Å²) < 4.78 is 5.16. The van der Waals surface area contributed by atoms with Crippen LogP contribution in [0.2, 0.25) is 0 Å². The molecule has 0 atom stereocenters. The zero-order valence-electron chi connectivity index (χ0n) is 10.8. The zero-order chi connectivity index (χ0) is 13.4. The van der Waals surface area contributed by atoms with Gasteiger partial charge in [-0.15, -0.1) is 0 Å². The Morgan fingerprint density at radius 3 is 2.72 bits per heavy atom. The number of carbonyl (C=O) groups excluding carboxylic acids is 1. The molecular weight excluding hydrogens is 230 g/mol. The summed E-state index contributed by atoms with van der Waals surface area (Å²) in [5.74, 6) is -0.363. The number of unbranched alkanes of at least 4 members (excludes halogenated alkanes) is 3. The van der Waals surface area contributed by atoms with Gasteiger partial charge in [0.15, 0.2) is 0 Å². The van der Waals surface area contributed by atoms with Crippen LogP contribution in [0.5, 0.6) is 0 Å². The number of ether oxygens (including phenoxy) is 1. The molecular formula is C14H21NO3. The standard InChI is InChI=1S/C14H21NO3/c1-11-6-7-13(15)12(10-11)14(17)18-9-5-3-2-4-8-16/h6-7,10,16H,2-5,8-9,15H2,1H3. The molecule has 0 radical (unpaired) electrons. The van der Waals surface area contributed by atoms with Gasteiger partial charge in [0.1, 0.15) is 0 Å². The summed E-state index contributed by atoms with van der Waals surface area (Å²) in [6.07, 6.45) is 3.54. The first-order valence-electron chi connectivity index (χ1n) is 6.29. The zero-order valence-corrected chi connectivity index (χ0v) is 10.8. The second-order valence-corrected chi connectivity index (χ2v) is 4.36.